The normalized spacial score (nSPS) is 10.8. The minimum atomic E-state index is -0.608. The number of hydrogen-bond acceptors (Lipinski definition) is 2. The topological polar surface area (TPSA) is 52.9 Å². The van der Waals surface area contributed by atoms with Crippen LogP contribution in [0, 0.1) is 17.1 Å². The summed E-state index contributed by atoms with van der Waals surface area (Å²) in [5.41, 5.74) is 0.495. The van der Waals surface area contributed by atoms with E-state index >= 15 is 0 Å². The molecule has 0 aliphatic heterocycles. The van der Waals surface area contributed by atoms with Crippen molar-refractivity contribution in [3.63, 3.8) is 0 Å². The summed E-state index contributed by atoms with van der Waals surface area (Å²) in [6.07, 6.45) is 1.21. The summed E-state index contributed by atoms with van der Waals surface area (Å²) < 4.78 is 13.5. The zero-order chi connectivity index (χ0) is 15.2. The third-order valence-corrected chi connectivity index (χ3v) is 2.92. The largest absolute Gasteiger partial charge is 0.321 e. The van der Waals surface area contributed by atoms with Gasteiger partial charge in [-0.2, -0.15) is 5.26 Å². The second-order valence-corrected chi connectivity index (χ2v) is 4.59. The molecule has 0 saturated carbocycles. The summed E-state index contributed by atoms with van der Waals surface area (Å²) in [6.45, 7) is 0. The van der Waals surface area contributed by atoms with Gasteiger partial charge in [-0.15, -0.1) is 0 Å². The van der Waals surface area contributed by atoms with Crippen LogP contribution in [0.2, 0.25) is 5.02 Å². The van der Waals surface area contributed by atoms with Crippen LogP contribution in [-0.4, -0.2) is 5.91 Å². The molecule has 2 aromatic rings. The lowest BCUT2D eigenvalue weighted by molar-refractivity contribution is -0.112. The van der Waals surface area contributed by atoms with E-state index in [-0.39, 0.29) is 11.1 Å². The molecule has 0 aliphatic rings. The SMILES string of the molecule is N#CC(=Cc1ccccc1F)C(=O)Nc1ccc(Cl)cc1. The van der Waals surface area contributed by atoms with Crippen molar-refractivity contribution in [2.45, 2.75) is 0 Å². The van der Waals surface area contributed by atoms with Crippen molar-refractivity contribution in [3.8, 4) is 6.07 Å². The number of nitrogens with zero attached hydrogens (tertiary/aromatic N) is 1. The molecule has 0 unspecified atom stereocenters. The minimum Gasteiger partial charge on any atom is -0.321 e. The molecular weight excluding hydrogens is 291 g/mol. The van der Waals surface area contributed by atoms with E-state index in [9.17, 15) is 9.18 Å². The zero-order valence-corrected chi connectivity index (χ0v) is 11.6. The fourth-order valence-electron chi connectivity index (χ4n) is 1.63. The van der Waals surface area contributed by atoms with Gasteiger partial charge in [-0.05, 0) is 36.4 Å². The fourth-order valence-corrected chi connectivity index (χ4v) is 1.75. The van der Waals surface area contributed by atoms with Gasteiger partial charge in [0.1, 0.15) is 17.5 Å². The molecule has 0 fully saturated rings. The van der Waals surface area contributed by atoms with Crippen LogP contribution in [0.15, 0.2) is 54.1 Å². The van der Waals surface area contributed by atoms with Gasteiger partial charge in [0.2, 0.25) is 0 Å². The van der Waals surface area contributed by atoms with E-state index in [1.165, 1.54) is 24.3 Å². The number of hydrogen-bond donors (Lipinski definition) is 1. The Kier molecular flexibility index (Phi) is 4.70. The maximum Gasteiger partial charge on any atom is 0.266 e. The van der Waals surface area contributed by atoms with E-state index in [0.717, 1.165) is 0 Å². The quantitative estimate of drug-likeness (QED) is 0.687. The van der Waals surface area contributed by atoms with Gasteiger partial charge < -0.3 is 5.32 Å². The second kappa shape index (κ2) is 6.69. The van der Waals surface area contributed by atoms with Crippen LogP contribution in [0.1, 0.15) is 5.56 Å². The Morgan fingerprint density at radius 1 is 1.19 bits per heavy atom. The predicted octanol–water partition coefficient (Wildman–Crippen LogP) is 4.02. The summed E-state index contributed by atoms with van der Waals surface area (Å²) in [5.74, 6) is -1.10. The van der Waals surface area contributed by atoms with Crippen molar-refractivity contribution in [2.75, 3.05) is 5.32 Å². The summed E-state index contributed by atoms with van der Waals surface area (Å²) in [5, 5.41) is 12.1. The maximum atomic E-state index is 13.5. The Labute approximate surface area is 126 Å². The summed E-state index contributed by atoms with van der Waals surface area (Å²) >= 11 is 5.74. The van der Waals surface area contributed by atoms with Crippen LogP contribution in [0.4, 0.5) is 10.1 Å². The Hall–Kier alpha value is -2.64. The van der Waals surface area contributed by atoms with Crippen molar-refractivity contribution < 1.29 is 9.18 Å². The molecule has 0 heterocycles. The lowest BCUT2D eigenvalue weighted by atomic mass is 10.1. The fraction of sp³-hybridized carbons (Fsp3) is 0. The number of amides is 1. The van der Waals surface area contributed by atoms with Gasteiger partial charge in [0.15, 0.2) is 0 Å². The van der Waals surface area contributed by atoms with Crippen molar-refractivity contribution in [1.82, 2.24) is 0 Å². The van der Waals surface area contributed by atoms with E-state index in [1.54, 1.807) is 36.4 Å². The Morgan fingerprint density at radius 3 is 2.48 bits per heavy atom. The van der Waals surface area contributed by atoms with Gasteiger partial charge in [0, 0.05) is 16.3 Å². The molecule has 1 N–H and O–H groups in total. The maximum absolute atomic E-state index is 13.5. The van der Waals surface area contributed by atoms with Crippen molar-refractivity contribution in [2.24, 2.45) is 0 Å². The van der Waals surface area contributed by atoms with Crippen molar-refractivity contribution in [3.05, 3.63) is 70.5 Å². The molecule has 5 heteroatoms. The average Bonchev–Trinajstić information content (AvgIpc) is 2.48. The van der Waals surface area contributed by atoms with Gasteiger partial charge in [-0.1, -0.05) is 29.8 Å². The van der Waals surface area contributed by atoms with E-state index < -0.39 is 11.7 Å². The zero-order valence-electron chi connectivity index (χ0n) is 10.8. The Morgan fingerprint density at radius 2 is 1.86 bits per heavy atom. The molecule has 0 bridgehead atoms. The number of nitriles is 1. The number of halogens is 2. The van der Waals surface area contributed by atoms with Crippen molar-refractivity contribution in [1.29, 1.82) is 5.26 Å². The molecule has 0 spiro atoms. The monoisotopic (exact) mass is 300 g/mol. The number of benzene rings is 2. The van der Waals surface area contributed by atoms with Gasteiger partial charge in [0.05, 0.1) is 0 Å². The first-order valence-corrected chi connectivity index (χ1v) is 6.41. The standard InChI is InChI=1S/C16H10ClFN2O/c17-13-5-7-14(8-6-13)20-16(21)12(10-19)9-11-3-1-2-4-15(11)18/h1-9H,(H,20,21). The summed E-state index contributed by atoms with van der Waals surface area (Å²) in [6, 6.07) is 14.1. The molecule has 2 rings (SSSR count). The second-order valence-electron chi connectivity index (χ2n) is 4.15. The Balaban J connectivity index is 2.22. The third kappa shape index (κ3) is 3.91. The molecule has 104 valence electrons. The van der Waals surface area contributed by atoms with Crippen LogP contribution in [0.3, 0.4) is 0 Å². The third-order valence-electron chi connectivity index (χ3n) is 2.67. The Bertz CT molecular complexity index is 733. The van der Waals surface area contributed by atoms with E-state index in [0.29, 0.717) is 10.7 Å². The lowest BCUT2D eigenvalue weighted by Gasteiger charge is -2.04. The van der Waals surface area contributed by atoms with E-state index in [1.807, 2.05) is 0 Å². The number of carbonyl (C=O) groups is 1. The van der Waals surface area contributed by atoms with Gasteiger partial charge in [0.25, 0.3) is 5.91 Å². The molecule has 3 nitrogen and oxygen atoms in total. The molecule has 0 aliphatic carbocycles. The predicted molar refractivity (Wildman–Crippen MR) is 80.1 cm³/mol. The van der Waals surface area contributed by atoms with Gasteiger partial charge in [-0.25, -0.2) is 4.39 Å². The first kappa shape index (κ1) is 14.8. The average molecular weight is 301 g/mol. The minimum absolute atomic E-state index is 0.181. The molecule has 0 aromatic heterocycles. The summed E-state index contributed by atoms with van der Waals surface area (Å²) in [4.78, 5) is 12.0. The molecule has 2 aromatic carbocycles. The molecule has 21 heavy (non-hydrogen) atoms. The van der Waals surface area contributed by atoms with E-state index in [2.05, 4.69) is 5.32 Å². The number of rotatable bonds is 3. The van der Waals surface area contributed by atoms with Gasteiger partial charge in [-0.3, -0.25) is 4.79 Å². The highest BCUT2D eigenvalue weighted by molar-refractivity contribution is 6.30. The van der Waals surface area contributed by atoms with Crippen molar-refractivity contribution >= 4 is 29.3 Å². The highest BCUT2D eigenvalue weighted by Gasteiger charge is 2.10. The lowest BCUT2D eigenvalue weighted by Crippen LogP contribution is -2.13. The van der Waals surface area contributed by atoms with E-state index in [4.69, 9.17) is 16.9 Å². The van der Waals surface area contributed by atoms with Crippen LogP contribution in [-0.2, 0) is 4.79 Å². The molecule has 0 saturated heterocycles. The number of nitrogens with one attached hydrogen (secondary N) is 1. The molecule has 1 amide bonds. The molecule has 0 radical (unpaired) electrons. The number of anilines is 1. The highest BCUT2D eigenvalue weighted by Crippen LogP contribution is 2.16. The smallest absolute Gasteiger partial charge is 0.266 e. The molecule has 0 atom stereocenters. The van der Waals surface area contributed by atoms with Crippen LogP contribution in [0.25, 0.3) is 6.08 Å². The van der Waals surface area contributed by atoms with Gasteiger partial charge >= 0.3 is 0 Å². The van der Waals surface area contributed by atoms with Crippen LogP contribution >= 0.6 is 11.6 Å². The number of carbonyl (C=O) groups excluding carboxylic acids is 1. The molecular formula is C16H10ClFN2O. The first-order chi connectivity index (χ1) is 10.1. The summed E-state index contributed by atoms with van der Waals surface area (Å²) in [7, 11) is 0. The van der Waals surface area contributed by atoms with Crippen LogP contribution in [0.5, 0.6) is 0 Å². The highest BCUT2D eigenvalue weighted by atomic mass is 35.5. The first-order valence-electron chi connectivity index (χ1n) is 6.03. The van der Waals surface area contributed by atoms with Crippen LogP contribution < -0.4 is 5.32 Å².